The fourth-order valence-electron chi connectivity index (χ4n) is 2.64. The van der Waals surface area contributed by atoms with Crippen LogP contribution >= 0.6 is 0 Å². The van der Waals surface area contributed by atoms with Crippen LogP contribution in [0.5, 0.6) is 5.75 Å². The highest BCUT2D eigenvalue weighted by Crippen LogP contribution is 2.44. The summed E-state index contributed by atoms with van der Waals surface area (Å²) in [7, 11) is 1.68. The number of aryl methyl sites for hydroxylation is 1. The zero-order valence-corrected chi connectivity index (χ0v) is 10.0. The first-order valence-electron chi connectivity index (χ1n) is 5.76. The Kier molecular flexibility index (Phi) is 2.20. The minimum atomic E-state index is -0.0324. The Morgan fingerprint density at radius 3 is 2.71 bits per heavy atom. The Bertz CT molecular complexity index is 589. The van der Waals surface area contributed by atoms with Gasteiger partial charge in [-0.25, -0.2) is 0 Å². The van der Waals surface area contributed by atoms with Crippen LogP contribution in [0.25, 0.3) is 11.1 Å². The molecule has 0 spiro atoms. The molecule has 0 aromatic heterocycles. The van der Waals surface area contributed by atoms with E-state index in [1.165, 1.54) is 22.3 Å². The summed E-state index contributed by atoms with van der Waals surface area (Å²) in [5, 5.41) is 0. The van der Waals surface area contributed by atoms with Crippen LogP contribution in [-0.2, 0) is 0 Å². The van der Waals surface area contributed by atoms with Gasteiger partial charge < -0.3 is 10.5 Å². The first kappa shape index (κ1) is 10.4. The molecule has 86 valence electrons. The van der Waals surface area contributed by atoms with Crippen molar-refractivity contribution < 1.29 is 4.74 Å². The third kappa shape index (κ3) is 1.38. The van der Waals surface area contributed by atoms with E-state index in [0.717, 1.165) is 11.3 Å². The summed E-state index contributed by atoms with van der Waals surface area (Å²) in [6, 6.07) is 12.4. The van der Waals surface area contributed by atoms with Crippen molar-refractivity contribution in [2.75, 3.05) is 7.11 Å². The summed E-state index contributed by atoms with van der Waals surface area (Å²) >= 11 is 0. The average molecular weight is 225 g/mol. The molecule has 0 saturated heterocycles. The zero-order valence-electron chi connectivity index (χ0n) is 10.0. The first-order chi connectivity index (χ1) is 8.22. The number of rotatable bonds is 1. The van der Waals surface area contributed by atoms with Gasteiger partial charge in [-0.1, -0.05) is 24.3 Å². The number of methoxy groups -OCH3 is 1. The predicted octanol–water partition coefficient (Wildman–Crippen LogP) is 3.03. The third-order valence-electron chi connectivity index (χ3n) is 3.50. The highest BCUT2D eigenvalue weighted by molar-refractivity contribution is 5.81. The minimum absolute atomic E-state index is 0.0324. The smallest absolute Gasteiger partial charge is 0.119 e. The van der Waals surface area contributed by atoms with Crippen LogP contribution in [0, 0.1) is 6.92 Å². The first-order valence-corrected chi connectivity index (χ1v) is 5.76. The average Bonchev–Trinajstić information content (AvgIpc) is 2.64. The molecule has 2 aromatic rings. The number of benzene rings is 2. The van der Waals surface area contributed by atoms with Crippen LogP contribution in [0.1, 0.15) is 22.7 Å². The maximum atomic E-state index is 6.29. The molecular weight excluding hydrogens is 210 g/mol. The molecule has 3 rings (SSSR count). The summed E-state index contributed by atoms with van der Waals surface area (Å²) in [5.41, 5.74) is 12.5. The van der Waals surface area contributed by atoms with E-state index in [9.17, 15) is 0 Å². The lowest BCUT2D eigenvalue weighted by molar-refractivity contribution is 0.414. The van der Waals surface area contributed by atoms with E-state index >= 15 is 0 Å². The van der Waals surface area contributed by atoms with Gasteiger partial charge >= 0.3 is 0 Å². The van der Waals surface area contributed by atoms with Crippen molar-refractivity contribution in [3.63, 3.8) is 0 Å². The van der Waals surface area contributed by atoms with Gasteiger partial charge in [-0.05, 0) is 46.9 Å². The van der Waals surface area contributed by atoms with Crippen molar-refractivity contribution in [2.45, 2.75) is 13.0 Å². The van der Waals surface area contributed by atoms with Gasteiger partial charge in [-0.15, -0.1) is 0 Å². The van der Waals surface area contributed by atoms with Crippen molar-refractivity contribution in [1.29, 1.82) is 0 Å². The van der Waals surface area contributed by atoms with E-state index in [-0.39, 0.29) is 6.04 Å². The molecule has 1 atom stereocenters. The molecule has 0 amide bonds. The Labute approximate surface area is 101 Å². The van der Waals surface area contributed by atoms with Gasteiger partial charge in [0, 0.05) is 0 Å². The molecule has 0 heterocycles. The SMILES string of the molecule is COc1ccc2c(c1)C(N)c1cccc(C)c1-2. The van der Waals surface area contributed by atoms with Crippen molar-refractivity contribution in [2.24, 2.45) is 5.73 Å². The van der Waals surface area contributed by atoms with Gasteiger partial charge in [-0.3, -0.25) is 0 Å². The number of nitrogens with two attached hydrogens (primary N) is 1. The zero-order chi connectivity index (χ0) is 12.0. The molecule has 2 N–H and O–H groups in total. The molecule has 0 saturated carbocycles. The molecule has 17 heavy (non-hydrogen) atoms. The number of fused-ring (bicyclic) bond motifs is 3. The number of hydrogen-bond donors (Lipinski definition) is 1. The molecule has 1 unspecified atom stereocenters. The van der Waals surface area contributed by atoms with Gasteiger partial charge in [0.1, 0.15) is 5.75 Å². The highest BCUT2D eigenvalue weighted by atomic mass is 16.5. The van der Waals surface area contributed by atoms with Crippen LogP contribution in [-0.4, -0.2) is 7.11 Å². The topological polar surface area (TPSA) is 35.2 Å². The second-order valence-electron chi connectivity index (χ2n) is 4.47. The lowest BCUT2D eigenvalue weighted by Gasteiger charge is -2.07. The second-order valence-corrected chi connectivity index (χ2v) is 4.47. The fourth-order valence-corrected chi connectivity index (χ4v) is 2.64. The molecule has 0 radical (unpaired) electrons. The number of hydrogen-bond acceptors (Lipinski definition) is 2. The van der Waals surface area contributed by atoms with Gasteiger partial charge in [0.2, 0.25) is 0 Å². The predicted molar refractivity (Wildman–Crippen MR) is 69.2 cm³/mol. The van der Waals surface area contributed by atoms with E-state index in [4.69, 9.17) is 10.5 Å². The van der Waals surface area contributed by atoms with Crippen LogP contribution in [0.3, 0.4) is 0 Å². The Morgan fingerprint density at radius 1 is 1.12 bits per heavy atom. The van der Waals surface area contributed by atoms with Gasteiger partial charge in [0.25, 0.3) is 0 Å². The van der Waals surface area contributed by atoms with E-state index in [0.29, 0.717) is 0 Å². The largest absolute Gasteiger partial charge is 0.497 e. The van der Waals surface area contributed by atoms with Crippen LogP contribution < -0.4 is 10.5 Å². The normalized spacial score (nSPS) is 16.5. The van der Waals surface area contributed by atoms with Crippen molar-refractivity contribution in [3.05, 3.63) is 53.1 Å². The molecule has 2 aromatic carbocycles. The van der Waals surface area contributed by atoms with Gasteiger partial charge in [0.05, 0.1) is 13.2 Å². The lowest BCUT2D eigenvalue weighted by atomic mass is 10.0. The Morgan fingerprint density at radius 2 is 1.94 bits per heavy atom. The molecule has 0 fully saturated rings. The Hall–Kier alpha value is -1.80. The molecule has 0 bridgehead atoms. The highest BCUT2D eigenvalue weighted by Gasteiger charge is 2.27. The van der Waals surface area contributed by atoms with Gasteiger partial charge in [-0.2, -0.15) is 0 Å². The third-order valence-corrected chi connectivity index (χ3v) is 3.50. The van der Waals surface area contributed by atoms with E-state index < -0.39 is 0 Å². The van der Waals surface area contributed by atoms with Gasteiger partial charge in [0.15, 0.2) is 0 Å². The molecular formula is C15H15NO. The second kappa shape index (κ2) is 3.60. The standard InChI is InChI=1S/C15H15NO/c1-9-4-3-5-12-14(9)11-7-6-10(17-2)8-13(11)15(12)16/h3-8,15H,16H2,1-2H3. The quantitative estimate of drug-likeness (QED) is 0.809. The van der Waals surface area contributed by atoms with Crippen LogP contribution in [0.2, 0.25) is 0 Å². The van der Waals surface area contributed by atoms with E-state index in [1.807, 2.05) is 12.1 Å². The maximum Gasteiger partial charge on any atom is 0.119 e. The summed E-state index contributed by atoms with van der Waals surface area (Å²) in [6.07, 6.45) is 0. The summed E-state index contributed by atoms with van der Waals surface area (Å²) in [5.74, 6) is 0.865. The molecule has 1 aliphatic rings. The van der Waals surface area contributed by atoms with E-state index in [2.05, 4.69) is 31.2 Å². The summed E-state index contributed by atoms with van der Waals surface area (Å²) in [6.45, 7) is 2.13. The Balaban J connectivity index is 2.28. The summed E-state index contributed by atoms with van der Waals surface area (Å²) < 4.78 is 5.26. The lowest BCUT2D eigenvalue weighted by Crippen LogP contribution is -2.08. The number of ether oxygens (including phenoxy) is 1. The van der Waals surface area contributed by atoms with Crippen molar-refractivity contribution >= 4 is 0 Å². The molecule has 1 aliphatic carbocycles. The molecule has 2 heteroatoms. The fraction of sp³-hybridized carbons (Fsp3) is 0.200. The minimum Gasteiger partial charge on any atom is -0.497 e. The van der Waals surface area contributed by atoms with Crippen molar-refractivity contribution in [3.8, 4) is 16.9 Å². The molecule has 0 aliphatic heterocycles. The maximum absolute atomic E-state index is 6.29. The van der Waals surface area contributed by atoms with Crippen molar-refractivity contribution in [1.82, 2.24) is 0 Å². The van der Waals surface area contributed by atoms with Crippen LogP contribution in [0.15, 0.2) is 36.4 Å². The molecule has 2 nitrogen and oxygen atoms in total. The van der Waals surface area contributed by atoms with E-state index in [1.54, 1.807) is 7.11 Å². The summed E-state index contributed by atoms with van der Waals surface area (Å²) in [4.78, 5) is 0. The monoisotopic (exact) mass is 225 g/mol. The van der Waals surface area contributed by atoms with Crippen LogP contribution in [0.4, 0.5) is 0 Å².